The molecule has 1 aromatic heterocycles. The van der Waals surface area contributed by atoms with Crippen molar-refractivity contribution in [3.8, 4) is 11.5 Å². The lowest BCUT2D eigenvalue weighted by Crippen LogP contribution is -2.32. The van der Waals surface area contributed by atoms with Crippen LogP contribution in [0.5, 0.6) is 11.5 Å². The van der Waals surface area contributed by atoms with Gasteiger partial charge in [0.1, 0.15) is 0 Å². The largest absolute Gasteiger partial charge is 0.493 e. The number of methoxy groups -OCH3 is 1. The first-order valence-electron chi connectivity index (χ1n) is 9.76. The Labute approximate surface area is 161 Å². The molecule has 2 heterocycles. The van der Waals surface area contributed by atoms with Crippen molar-refractivity contribution in [2.75, 3.05) is 26.8 Å². The minimum Gasteiger partial charge on any atom is -0.493 e. The van der Waals surface area contributed by atoms with E-state index < -0.39 is 0 Å². The summed E-state index contributed by atoms with van der Waals surface area (Å²) in [6.07, 6.45) is 3.91. The summed E-state index contributed by atoms with van der Waals surface area (Å²) in [4.78, 5) is 16.7. The molecule has 1 aliphatic rings. The minimum atomic E-state index is -0.0122. The van der Waals surface area contributed by atoms with Crippen LogP contribution in [-0.2, 0) is 6.54 Å². The molecule has 0 atom stereocenters. The van der Waals surface area contributed by atoms with Gasteiger partial charge in [-0.3, -0.25) is 9.69 Å². The molecule has 3 rings (SSSR count). The van der Waals surface area contributed by atoms with Gasteiger partial charge >= 0.3 is 0 Å². The van der Waals surface area contributed by atoms with E-state index in [1.165, 1.54) is 5.56 Å². The van der Waals surface area contributed by atoms with Gasteiger partial charge < -0.3 is 14.5 Å². The number of hydrogen-bond donors (Lipinski definition) is 1. The van der Waals surface area contributed by atoms with Gasteiger partial charge in [0.25, 0.3) is 0 Å². The molecular weight excluding hydrogens is 340 g/mol. The van der Waals surface area contributed by atoms with E-state index in [-0.39, 0.29) is 5.56 Å². The number of aromatic nitrogens is 1. The molecule has 1 aliphatic heterocycles. The van der Waals surface area contributed by atoms with Crippen molar-refractivity contribution < 1.29 is 9.47 Å². The molecule has 146 valence electrons. The zero-order valence-corrected chi connectivity index (χ0v) is 16.5. The number of nitrogens with one attached hydrogen (secondary N) is 1. The van der Waals surface area contributed by atoms with E-state index in [0.29, 0.717) is 18.4 Å². The highest BCUT2D eigenvalue weighted by Gasteiger charge is 2.21. The van der Waals surface area contributed by atoms with Gasteiger partial charge in [-0.05, 0) is 67.1 Å². The van der Waals surface area contributed by atoms with Crippen molar-refractivity contribution in [2.45, 2.75) is 39.2 Å². The Morgan fingerprint density at radius 3 is 2.59 bits per heavy atom. The fraction of sp³-hybridized carbons (Fsp3) is 0.500. The van der Waals surface area contributed by atoms with Gasteiger partial charge in [0.2, 0.25) is 5.56 Å². The quantitative estimate of drug-likeness (QED) is 0.805. The number of H-pyrrole nitrogens is 1. The number of hydrogen-bond acceptors (Lipinski definition) is 4. The smallest absolute Gasteiger partial charge is 0.248 e. The molecule has 5 heteroatoms. The summed E-state index contributed by atoms with van der Waals surface area (Å²) in [5, 5.41) is 0. The molecule has 1 fully saturated rings. The van der Waals surface area contributed by atoms with Gasteiger partial charge in [0.05, 0.1) is 13.7 Å². The molecule has 27 heavy (non-hydrogen) atoms. The van der Waals surface area contributed by atoms with Gasteiger partial charge in [0, 0.05) is 18.8 Å². The van der Waals surface area contributed by atoms with Crippen molar-refractivity contribution in [1.29, 1.82) is 0 Å². The lowest BCUT2D eigenvalue weighted by atomic mass is 9.90. The van der Waals surface area contributed by atoms with Crippen LogP contribution in [0.15, 0.2) is 41.3 Å². The third-order valence-corrected chi connectivity index (χ3v) is 5.06. The van der Waals surface area contributed by atoms with E-state index in [4.69, 9.17) is 9.47 Å². The van der Waals surface area contributed by atoms with Crippen molar-refractivity contribution in [3.05, 3.63) is 58.0 Å². The van der Waals surface area contributed by atoms with Gasteiger partial charge in [-0.1, -0.05) is 19.9 Å². The molecular formula is C22H30N2O3. The minimum absolute atomic E-state index is 0.0122. The van der Waals surface area contributed by atoms with Crippen LogP contribution in [0.2, 0.25) is 0 Å². The average molecular weight is 370 g/mol. The van der Waals surface area contributed by atoms with Gasteiger partial charge in [0.15, 0.2) is 11.5 Å². The Morgan fingerprint density at radius 2 is 1.93 bits per heavy atom. The van der Waals surface area contributed by atoms with Crippen molar-refractivity contribution >= 4 is 0 Å². The monoisotopic (exact) mass is 370 g/mol. The summed E-state index contributed by atoms with van der Waals surface area (Å²) in [5.74, 6) is 2.57. The van der Waals surface area contributed by atoms with Crippen molar-refractivity contribution in [2.24, 2.45) is 5.92 Å². The van der Waals surface area contributed by atoms with Crippen LogP contribution < -0.4 is 15.0 Å². The summed E-state index contributed by atoms with van der Waals surface area (Å²) in [6.45, 7) is 7.93. The predicted molar refractivity (Wildman–Crippen MR) is 108 cm³/mol. The molecule has 2 aromatic rings. The zero-order chi connectivity index (χ0) is 19.2. The average Bonchev–Trinajstić information content (AvgIpc) is 2.67. The van der Waals surface area contributed by atoms with Crippen molar-refractivity contribution in [1.82, 2.24) is 9.88 Å². The van der Waals surface area contributed by atoms with Gasteiger partial charge in [-0.25, -0.2) is 0 Å². The summed E-state index contributed by atoms with van der Waals surface area (Å²) in [5.41, 5.74) is 2.38. The molecule has 0 saturated carbocycles. The van der Waals surface area contributed by atoms with E-state index in [1.54, 1.807) is 19.4 Å². The van der Waals surface area contributed by atoms with Gasteiger partial charge in [-0.15, -0.1) is 0 Å². The molecule has 0 unspecified atom stereocenters. The number of benzene rings is 1. The molecule has 5 nitrogen and oxygen atoms in total. The summed E-state index contributed by atoms with van der Waals surface area (Å²) >= 11 is 0. The Kier molecular flexibility index (Phi) is 6.56. The van der Waals surface area contributed by atoms with E-state index in [0.717, 1.165) is 49.5 Å². The maximum atomic E-state index is 11.5. The molecule has 0 aliphatic carbocycles. The molecule has 1 N–H and O–H groups in total. The molecule has 1 aromatic carbocycles. The van der Waals surface area contributed by atoms with Crippen LogP contribution in [0.4, 0.5) is 0 Å². The SMILES string of the molecule is COc1cc(CN2CCC(c3cc[nH]c(=O)c3)CC2)ccc1OCC(C)C. The molecule has 0 bridgehead atoms. The van der Waals surface area contributed by atoms with Crippen LogP contribution in [0.25, 0.3) is 0 Å². The van der Waals surface area contributed by atoms with Crippen LogP contribution in [0.1, 0.15) is 43.7 Å². The highest BCUT2D eigenvalue weighted by atomic mass is 16.5. The van der Waals surface area contributed by atoms with Crippen molar-refractivity contribution in [3.63, 3.8) is 0 Å². The van der Waals surface area contributed by atoms with E-state index >= 15 is 0 Å². The molecule has 0 spiro atoms. The third kappa shape index (κ3) is 5.36. The fourth-order valence-electron chi connectivity index (χ4n) is 3.58. The number of rotatable bonds is 7. The Bertz CT molecular complexity index is 792. The first-order chi connectivity index (χ1) is 13.0. The maximum Gasteiger partial charge on any atom is 0.248 e. The topological polar surface area (TPSA) is 54.6 Å². The number of pyridine rings is 1. The number of ether oxygens (including phenoxy) is 2. The van der Waals surface area contributed by atoms with Crippen LogP contribution >= 0.6 is 0 Å². The predicted octanol–water partition coefficient (Wildman–Crippen LogP) is 3.80. The second kappa shape index (κ2) is 9.09. The lowest BCUT2D eigenvalue weighted by molar-refractivity contribution is 0.204. The van der Waals surface area contributed by atoms with Crippen LogP contribution in [-0.4, -0.2) is 36.7 Å². The second-order valence-electron chi connectivity index (χ2n) is 7.73. The molecule has 0 radical (unpaired) electrons. The van der Waals surface area contributed by atoms with E-state index in [2.05, 4.69) is 35.9 Å². The Morgan fingerprint density at radius 1 is 1.15 bits per heavy atom. The van der Waals surface area contributed by atoms with Crippen LogP contribution in [0, 0.1) is 5.92 Å². The Balaban J connectivity index is 1.57. The standard InChI is InChI=1S/C22H30N2O3/c1-16(2)15-27-20-5-4-17(12-21(20)26-3)14-24-10-7-18(8-11-24)19-6-9-23-22(25)13-19/h4-6,9,12-13,16,18H,7-8,10-11,14-15H2,1-3H3,(H,23,25). The molecule has 1 saturated heterocycles. The van der Waals surface area contributed by atoms with E-state index in [9.17, 15) is 4.79 Å². The summed E-state index contributed by atoms with van der Waals surface area (Å²) < 4.78 is 11.4. The normalized spacial score (nSPS) is 15.9. The molecule has 0 amide bonds. The lowest BCUT2D eigenvalue weighted by Gasteiger charge is -2.32. The third-order valence-electron chi connectivity index (χ3n) is 5.06. The van der Waals surface area contributed by atoms with Crippen LogP contribution in [0.3, 0.4) is 0 Å². The summed E-state index contributed by atoms with van der Waals surface area (Å²) in [6, 6.07) is 9.99. The fourth-order valence-corrected chi connectivity index (χ4v) is 3.58. The van der Waals surface area contributed by atoms with E-state index in [1.807, 2.05) is 12.1 Å². The number of piperidine rings is 1. The Hall–Kier alpha value is -2.27. The zero-order valence-electron chi connectivity index (χ0n) is 16.5. The first-order valence-corrected chi connectivity index (χ1v) is 9.76. The maximum absolute atomic E-state index is 11.5. The number of nitrogens with zero attached hydrogens (tertiary/aromatic N) is 1. The highest BCUT2D eigenvalue weighted by molar-refractivity contribution is 5.43. The highest BCUT2D eigenvalue weighted by Crippen LogP contribution is 2.31. The number of likely N-dealkylation sites (tertiary alicyclic amines) is 1. The first kappa shape index (κ1) is 19.5. The second-order valence-corrected chi connectivity index (χ2v) is 7.73. The number of aromatic amines is 1. The van der Waals surface area contributed by atoms with Gasteiger partial charge in [-0.2, -0.15) is 0 Å². The summed E-state index contributed by atoms with van der Waals surface area (Å²) in [7, 11) is 1.69.